The quantitative estimate of drug-likeness (QED) is 0.679. The Kier molecular flexibility index (Phi) is 3.29. The molecule has 2 nitrogen and oxygen atoms in total. The molecular weight excluding hydrogens is 271 g/mol. The molecule has 0 heterocycles. The van der Waals surface area contributed by atoms with Crippen molar-refractivity contribution >= 4 is 25.8 Å². The molecular formula is C9H6BrFO2S. The fourth-order valence-corrected chi connectivity index (χ4v) is 1.41. The van der Waals surface area contributed by atoms with Gasteiger partial charge < -0.3 is 0 Å². The minimum Gasteiger partial charge on any atom is -0.216 e. The van der Waals surface area contributed by atoms with Gasteiger partial charge in [0.15, 0.2) is 0 Å². The van der Waals surface area contributed by atoms with Crippen LogP contribution in [0, 0.1) is 17.0 Å². The number of rotatable bonds is 0. The summed E-state index contributed by atoms with van der Waals surface area (Å²) in [6.45, 7) is 0. The van der Waals surface area contributed by atoms with Crippen LogP contribution in [0.25, 0.3) is 0 Å². The Morgan fingerprint density at radius 1 is 1.43 bits per heavy atom. The van der Waals surface area contributed by atoms with Crippen molar-refractivity contribution in [3.05, 3.63) is 34.1 Å². The summed E-state index contributed by atoms with van der Waals surface area (Å²) in [5, 5.41) is 2.03. The van der Waals surface area contributed by atoms with Crippen molar-refractivity contribution < 1.29 is 12.8 Å². The average Bonchev–Trinajstić information content (AvgIpc) is 2.06. The molecule has 0 aromatic heterocycles. The molecule has 1 rings (SSSR count). The predicted molar refractivity (Wildman–Crippen MR) is 55.8 cm³/mol. The Balaban J connectivity index is 3.21. The van der Waals surface area contributed by atoms with Crippen molar-refractivity contribution in [1.29, 1.82) is 0 Å². The van der Waals surface area contributed by atoms with Gasteiger partial charge in [0.1, 0.15) is 5.82 Å². The second-order valence-electron chi connectivity index (χ2n) is 2.60. The van der Waals surface area contributed by atoms with Crippen LogP contribution in [-0.2, 0) is 9.84 Å². The first kappa shape index (κ1) is 11.2. The molecule has 0 aliphatic carbocycles. The summed E-state index contributed by atoms with van der Waals surface area (Å²) in [6.07, 6.45) is 0.993. The van der Waals surface area contributed by atoms with E-state index in [-0.39, 0.29) is 4.47 Å². The monoisotopic (exact) mass is 276 g/mol. The lowest BCUT2D eigenvalue weighted by atomic mass is 10.2. The van der Waals surface area contributed by atoms with Crippen LogP contribution in [0.2, 0.25) is 0 Å². The number of hydrogen-bond acceptors (Lipinski definition) is 2. The lowest BCUT2D eigenvalue weighted by molar-refractivity contribution is 0.611. The highest BCUT2D eigenvalue weighted by atomic mass is 79.9. The largest absolute Gasteiger partial charge is 0.216 e. The van der Waals surface area contributed by atoms with Gasteiger partial charge in [0.2, 0.25) is 9.84 Å². The van der Waals surface area contributed by atoms with Gasteiger partial charge in [-0.1, -0.05) is 6.07 Å². The van der Waals surface area contributed by atoms with Gasteiger partial charge in [0.05, 0.1) is 10.7 Å². The van der Waals surface area contributed by atoms with E-state index >= 15 is 0 Å². The highest BCUT2D eigenvalue weighted by Gasteiger charge is 2.02. The van der Waals surface area contributed by atoms with Crippen molar-refractivity contribution in [3.8, 4) is 11.2 Å². The van der Waals surface area contributed by atoms with Crippen LogP contribution in [0.15, 0.2) is 22.7 Å². The topological polar surface area (TPSA) is 34.1 Å². The maximum Gasteiger partial charge on any atom is 0.214 e. The minimum atomic E-state index is -3.36. The maximum absolute atomic E-state index is 12.9. The molecule has 0 aliphatic heterocycles. The molecule has 0 saturated carbocycles. The van der Waals surface area contributed by atoms with Crippen LogP contribution in [0.3, 0.4) is 0 Å². The molecule has 0 saturated heterocycles. The molecule has 74 valence electrons. The zero-order valence-electron chi connectivity index (χ0n) is 7.21. The molecule has 0 aliphatic rings. The Labute approximate surface area is 90.2 Å². The summed E-state index contributed by atoms with van der Waals surface area (Å²) in [6, 6.07) is 4.26. The van der Waals surface area contributed by atoms with Crippen LogP contribution >= 0.6 is 15.9 Å². The molecule has 1 aromatic carbocycles. The molecule has 0 unspecified atom stereocenters. The van der Waals surface area contributed by atoms with Crippen molar-refractivity contribution in [2.24, 2.45) is 0 Å². The zero-order chi connectivity index (χ0) is 10.8. The van der Waals surface area contributed by atoms with E-state index in [1.165, 1.54) is 18.2 Å². The summed E-state index contributed by atoms with van der Waals surface area (Å²) in [5.74, 6) is 1.90. The number of halogens is 2. The minimum absolute atomic E-state index is 0.177. The third-order valence-electron chi connectivity index (χ3n) is 1.32. The maximum atomic E-state index is 12.9. The van der Waals surface area contributed by atoms with Crippen molar-refractivity contribution in [3.63, 3.8) is 0 Å². The van der Waals surface area contributed by atoms with E-state index in [0.29, 0.717) is 5.56 Å². The first-order valence-electron chi connectivity index (χ1n) is 3.57. The number of sulfone groups is 1. The van der Waals surface area contributed by atoms with Crippen LogP contribution < -0.4 is 0 Å². The number of benzene rings is 1. The molecule has 1 aromatic rings. The van der Waals surface area contributed by atoms with Gasteiger partial charge in [-0.25, -0.2) is 12.8 Å². The first-order chi connectivity index (χ1) is 6.40. The van der Waals surface area contributed by atoms with Gasteiger partial charge in [-0.15, -0.1) is 0 Å². The van der Waals surface area contributed by atoms with Gasteiger partial charge >= 0.3 is 0 Å². The van der Waals surface area contributed by atoms with Gasteiger partial charge in [0.25, 0.3) is 0 Å². The molecule has 0 amide bonds. The van der Waals surface area contributed by atoms with Crippen molar-refractivity contribution in [1.82, 2.24) is 0 Å². The zero-order valence-corrected chi connectivity index (χ0v) is 9.62. The molecule has 0 fully saturated rings. The molecule has 0 bridgehead atoms. The Bertz CT molecular complexity index is 511. The van der Waals surface area contributed by atoms with Crippen LogP contribution in [0.4, 0.5) is 4.39 Å². The SMILES string of the molecule is CS(=O)(=O)C#Cc1cccc(F)c1Br. The fraction of sp³-hybridized carbons (Fsp3) is 0.111. The van der Waals surface area contributed by atoms with E-state index in [4.69, 9.17) is 0 Å². The summed E-state index contributed by atoms with van der Waals surface area (Å²) < 4.78 is 34.5. The second kappa shape index (κ2) is 4.11. The Morgan fingerprint density at radius 2 is 2.07 bits per heavy atom. The van der Waals surface area contributed by atoms with E-state index < -0.39 is 15.7 Å². The smallest absolute Gasteiger partial charge is 0.214 e. The van der Waals surface area contributed by atoms with E-state index in [9.17, 15) is 12.8 Å². The molecule has 5 heteroatoms. The van der Waals surface area contributed by atoms with Crippen molar-refractivity contribution in [2.45, 2.75) is 0 Å². The predicted octanol–water partition coefficient (Wildman–Crippen LogP) is 1.94. The summed E-state index contributed by atoms with van der Waals surface area (Å²) in [7, 11) is -3.36. The highest BCUT2D eigenvalue weighted by molar-refractivity contribution is 9.10. The van der Waals surface area contributed by atoms with E-state index in [1.54, 1.807) is 0 Å². The molecule has 14 heavy (non-hydrogen) atoms. The van der Waals surface area contributed by atoms with Gasteiger partial charge in [0, 0.05) is 10.8 Å². The third kappa shape index (κ3) is 3.13. The van der Waals surface area contributed by atoms with Crippen LogP contribution in [0.5, 0.6) is 0 Å². The lowest BCUT2D eigenvalue weighted by Crippen LogP contribution is -1.90. The standard InChI is InChI=1S/C9H6BrFO2S/c1-14(12,13)6-5-7-3-2-4-8(11)9(7)10/h2-4H,1H3. The van der Waals surface area contributed by atoms with Gasteiger partial charge in [-0.3, -0.25) is 0 Å². The molecule has 0 N–H and O–H groups in total. The van der Waals surface area contributed by atoms with E-state index in [0.717, 1.165) is 6.26 Å². The number of hydrogen-bond donors (Lipinski definition) is 0. The molecule has 0 spiro atoms. The summed E-state index contributed by atoms with van der Waals surface area (Å²) in [4.78, 5) is 0. The fourth-order valence-electron chi connectivity index (χ4n) is 0.748. The van der Waals surface area contributed by atoms with Crippen molar-refractivity contribution in [2.75, 3.05) is 6.26 Å². The van der Waals surface area contributed by atoms with Crippen LogP contribution in [0.1, 0.15) is 5.56 Å². The third-order valence-corrected chi connectivity index (χ3v) is 2.60. The molecule has 0 atom stereocenters. The van der Waals surface area contributed by atoms with Gasteiger partial charge in [-0.05, 0) is 34.0 Å². The van der Waals surface area contributed by atoms with Gasteiger partial charge in [-0.2, -0.15) is 0 Å². The lowest BCUT2D eigenvalue weighted by Gasteiger charge is -1.95. The highest BCUT2D eigenvalue weighted by Crippen LogP contribution is 2.19. The first-order valence-corrected chi connectivity index (χ1v) is 6.25. The Morgan fingerprint density at radius 3 is 2.64 bits per heavy atom. The Hall–Kier alpha value is -0.860. The summed E-state index contributed by atoms with van der Waals surface area (Å²) in [5.41, 5.74) is 0.315. The summed E-state index contributed by atoms with van der Waals surface area (Å²) >= 11 is 2.98. The van der Waals surface area contributed by atoms with E-state index in [2.05, 4.69) is 21.9 Å². The van der Waals surface area contributed by atoms with Crippen LogP contribution in [-0.4, -0.2) is 14.7 Å². The van der Waals surface area contributed by atoms with E-state index in [1.807, 2.05) is 5.25 Å². The normalized spacial score (nSPS) is 10.5. The second-order valence-corrected chi connectivity index (χ2v) is 5.14. The average molecular weight is 277 g/mol. The molecule has 0 radical (unpaired) electrons.